The maximum Gasteiger partial charge on any atom is 0.266 e. The molecule has 1 N–H and O–H groups in total. The number of amides is 1. The molecule has 0 saturated carbocycles. The number of nitrogens with zero attached hydrogens (tertiary/aromatic N) is 2. The van der Waals surface area contributed by atoms with Crippen molar-refractivity contribution in [2.24, 2.45) is 0 Å². The first kappa shape index (κ1) is 19.2. The lowest BCUT2D eigenvalue weighted by molar-refractivity contribution is 0.0948. The van der Waals surface area contributed by atoms with Crippen LogP contribution in [0.2, 0.25) is 0 Å². The molecular weight excluding hydrogens is 358 g/mol. The van der Waals surface area contributed by atoms with E-state index in [4.69, 9.17) is 9.47 Å². The monoisotopic (exact) mass is 379 g/mol. The molecule has 1 amide bonds. The Bertz CT molecular complexity index is 1020. The van der Waals surface area contributed by atoms with Gasteiger partial charge in [-0.15, -0.1) is 0 Å². The van der Waals surface area contributed by atoms with Gasteiger partial charge in [0.05, 0.1) is 32.0 Å². The topological polar surface area (TPSA) is 82.5 Å². The van der Waals surface area contributed by atoms with E-state index in [9.17, 15) is 9.59 Å². The zero-order chi connectivity index (χ0) is 19.9. The maximum absolute atomic E-state index is 12.4. The largest absolute Gasteiger partial charge is 0.497 e. The summed E-state index contributed by atoms with van der Waals surface area (Å²) >= 11 is 0. The average Bonchev–Trinajstić information content (AvgIpc) is 2.75. The van der Waals surface area contributed by atoms with Gasteiger partial charge in [0.25, 0.3) is 11.5 Å². The maximum atomic E-state index is 12.4. The molecule has 0 fully saturated rings. The third-order valence-corrected chi connectivity index (χ3v) is 4.20. The number of hydrogen-bond acceptors (Lipinski definition) is 5. The minimum absolute atomic E-state index is 0.226. The summed E-state index contributed by atoms with van der Waals surface area (Å²) in [6.07, 6.45) is 0. The van der Waals surface area contributed by atoms with Crippen molar-refractivity contribution in [1.82, 2.24) is 15.1 Å². The Morgan fingerprint density at radius 1 is 1.04 bits per heavy atom. The second-order valence-electron chi connectivity index (χ2n) is 5.97. The zero-order valence-electron chi connectivity index (χ0n) is 15.7. The van der Waals surface area contributed by atoms with E-state index in [1.54, 1.807) is 31.4 Å². The van der Waals surface area contributed by atoms with E-state index < -0.39 is 0 Å². The molecule has 1 heterocycles. The van der Waals surface area contributed by atoms with Gasteiger partial charge in [-0.3, -0.25) is 9.59 Å². The summed E-state index contributed by atoms with van der Waals surface area (Å²) in [7, 11) is 3.03. The van der Waals surface area contributed by atoms with E-state index in [-0.39, 0.29) is 24.6 Å². The molecule has 28 heavy (non-hydrogen) atoms. The predicted octanol–water partition coefficient (Wildman–Crippen LogP) is 2.36. The number of carbonyl (C=O) groups excluding carboxylic acids is 1. The van der Waals surface area contributed by atoms with Crippen molar-refractivity contribution in [2.45, 2.75) is 6.54 Å². The second-order valence-corrected chi connectivity index (χ2v) is 5.97. The first-order valence-electron chi connectivity index (χ1n) is 8.76. The summed E-state index contributed by atoms with van der Waals surface area (Å²) in [4.78, 5) is 24.5. The van der Waals surface area contributed by atoms with Crippen LogP contribution in [0.3, 0.4) is 0 Å². The minimum Gasteiger partial charge on any atom is -0.497 e. The molecule has 7 nitrogen and oxygen atoms in total. The van der Waals surface area contributed by atoms with Gasteiger partial charge in [-0.2, -0.15) is 5.10 Å². The summed E-state index contributed by atoms with van der Waals surface area (Å²) in [6, 6.07) is 17.7. The molecule has 1 aromatic heterocycles. The van der Waals surface area contributed by atoms with Gasteiger partial charge in [0.2, 0.25) is 0 Å². The van der Waals surface area contributed by atoms with Gasteiger partial charge in [-0.1, -0.05) is 30.3 Å². The fraction of sp³-hybridized carbons (Fsp3) is 0.190. The van der Waals surface area contributed by atoms with Crippen molar-refractivity contribution < 1.29 is 14.3 Å². The summed E-state index contributed by atoms with van der Waals surface area (Å²) < 4.78 is 11.7. The highest BCUT2D eigenvalue weighted by molar-refractivity contribution is 5.97. The molecule has 0 spiro atoms. The van der Waals surface area contributed by atoms with Crippen LogP contribution in [0, 0.1) is 0 Å². The fourth-order valence-corrected chi connectivity index (χ4v) is 2.73. The van der Waals surface area contributed by atoms with Crippen LogP contribution in [0.5, 0.6) is 11.5 Å². The standard InChI is InChI=1S/C21H21N3O4/c1-27-16-8-9-17(19(14-16)28-2)21(26)22-12-13-24-20(25)11-10-18(23-24)15-6-4-3-5-7-15/h3-11,14H,12-13H2,1-2H3,(H,22,26). The van der Waals surface area contributed by atoms with Crippen molar-refractivity contribution in [3.8, 4) is 22.8 Å². The molecule has 0 aliphatic heterocycles. The normalized spacial score (nSPS) is 10.4. The number of hydrogen-bond donors (Lipinski definition) is 1. The van der Waals surface area contributed by atoms with E-state index in [0.717, 1.165) is 5.56 Å². The summed E-state index contributed by atoms with van der Waals surface area (Å²) in [6.45, 7) is 0.503. The Balaban J connectivity index is 1.68. The van der Waals surface area contributed by atoms with Gasteiger partial charge in [-0.25, -0.2) is 4.68 Å². The SMILES string of the molecule is COc1ccc(C(=O)NCCn2nc(-c3ccccc3)ccc2=O)c(OC)c1. The van der Waals surface area contributed by atoms with Crippen molar-refractivity contribution in [3.05, 3.63) is 76.6 Å². The third-order valence-electron chi connectivity index (χ3n) is 4.20. The van der Waals surface area contributed by atoms with Crippen molar-refractivity contribution in [3.63, 3.8) is 0 Å². The van der Waals surface area contributed by atoms with Crippen LogP contribution < -0.4 is 20.3 Å². The highest BCUT2D eigenvalue weighted by Crippen LogP contribution is 2.24. The van der Waals surface area contributed by atoms with Crippen LogP contribution in [-0.2, 0) is 6.54 Å². The van der Waals surface area contributed by atoms with Gasteiger partial charge < -0.3 is 14.8 Å². The first-order valence-corrected chi connectivity index (χ1v) is 8.76. The number of ether oxygens (including phenoxy) is 2. The lowest BCUT2D eigenvalue weighted by Gasteiger charge is -2.11. The van der Waals surface area contributed by atoms with Crippen LogP contribution in [0.15, 0.2) is 65.5 Å². The van der Waals surface area contributed by atoms with Crippen LogP contribution in [0.1, 0.15) is 10.4 Å². The van der Waals surface area contributed by atoms with Crippen molar-refractivity contribution >= 4 is 5.91 Å². The number of rotatable bonds is 7. The lowest BCUT2D eigenvalue weighted by atomic mass is 10.1. The zero-order valence-corrected chi connectivity index (χ0v) is 15.7. The van der Waals surface area contributed by atoms with Crippen molar-refractivity contribution in [1.29, 1.82) is 0 Å². The van der Waals surface area contributed by atoms with E-state index in [2.05, 4.69) is 10.4 Å². The Morgan fingerprint density at radius 3 is 2.54 bits per heavy atom. The number of benzene rings is 2. The van der Waals surface area contributed by atoms with Gasteiger partial charge in [0, 0.05) is 24.2 Å². The van der Waals surface area contributed by atoms with Gasteiger partial charge in [0.15, 0.2) is 0 Å². The molecule has 0 radical (unpaired) electrons. The lowest BCUT2D eigenvalue weighted by Crippen LogP contribution is -2.32. The fourth-order valence-electron chi connectivity index (χ4n) is 2.73. The second kappa shape index (κ2) is 8.85. The predicted molar refractivity (Wildman–Crippen MR) is 106 cm³/mol. The Kier molecular flexibility index (Phi) is 6.06. The number of methoxy groups -OCH3 is 2. The van der Waals surface area contributed by atoms with E-state index in [1.165, 1.54) is 17.9 Å². The van der Waals surface area contributed by atoms with Gasteiger partial charge >= 0.3 is 0 Å². The van der Waals surface area contributed by atoms with Gasteiger partial charge in [0.1, 0.15) is 11.5 Å². The van der Waals surface area contributed by atoms with Crippen LogP contribution >= 0.6 is 0 Å². The number of aromatic nitrogens is 2. The molecule has 0 bridgehead atoms. The third kappa shape index (κ3) is 4.37. The van der Waals surface area contributed by atoms with Crippen LogP contribution in [0.25, 0.3) is 11.3 Å². The molecule has 7 heteroatoms. The molecule has 3 aromatic rings. The van der Waals surface area contributed by atoms with E-state index in [1.807, 2.05) is 30.3 Å². The molecule has 2 aromatic carbocycles. The molecule has 0 saturated heterocycles. The van der Waals surface area contributed by atoms with E-state index >= 15 is 0 Å². The molecule has 0 aliphatic rings. The minimum atomic E-state index is -0.299. The molecule has 0 atom stereocenters. The molecule has 0 aliphatic carbocycles. The Labute approximate surface area is 162 Å². The molecule has 3 rings (SSSR count). The summed E-state index contributed by atoms with van der Waals surface area (Å²) in [5.74, 6) is 0.715. The average molecular weight is 379 g/mol. The number of nitrogens with one attached hydrogen (secondary N) is 1. The summed E-state index contributed by atoms with van der Waals surface area (Å²) in [5.41, 5.74) is 1.78. The Morgan fingerprint density at radius 2 is 1.82 bits per heavy atom. The van der Waals surface area contributed by atoms with E-state index in [0.29, 0.717) is 22.8 Å². The smallest absolute Gasteiger partial charge is 0.266 e. The van der Waals surface area contributed by atoms with Crippen LogP contribution in [0.4, 0.5) is 0 Å². The highest BCUT2D eigenvalue weighted by Gasteiger charge is 2.13. The Hall–Kier alpha value is -3.61. The first-order chi connectivity index (χ1) is 13.6. The van der Waals surface area contributed by atoms with Gasteiger partial charge in [-0.05, 0) is 18.2 Å². The molecule has 144 valence electrons. The quantitative estimate of drug-likeness (QED) is 0.681. The van der Waals surface area contributed by atoms with Crippen molar-refractivity contribution in [2.75, 3.05) is 20.8 Å². The highest BCUT2D eigenvalue weighted by atomic mass is 16.5. The molecule has 0 unspecified atom stereocenters. The number of carbonyl (C=O) groups is 1. The summed E-state index contributed by atoms with van der Waals surface area (Å²) in [5, 5.41) is 7.17. The molecular formula is C21H21N3O4. The van der Waals surface area contributed by atoms with Crippen LogP contribution in [-0.4, -0.2) is 36.5 Å².